The monoisotopic (exact) mass is 488 g/mol. The van der Waals surface area contributed by atoms with Gasteiger partial charge < -0.3 is 13.8 Å². The molecule has 0 spiro atoms. The molecule has 2 aromatic heterocycles. The van der Waals surface area contributed by atoms with Gasteiger partial charge in [0.25, 0.3) is 11.8 Å². The van der Waals surface area contributed by atoms with Gasteiger partial charge in [-0.1, -0.05) is 23.4 Å². The van der Waals surface area contributed by atoms with Crippen molar-refractivity contribution in [3.8, 4) is 23.0 Å². The largest absolute Gasteiger partial charge is 0.444 e. The summed E-state index contributed by atoms with van der Waals surface area (Å²) in [6.45, 7) is 0.609. The van der Waals surface area contributed by atoms with Crippen molar-refractivity contribution in [2.24, 2.45) is 0 Å². The van der Waals surface area contributed by atoms with Crippen LogP contribution in [0.1, 0.15) is 31.6 Å². The van der Waals surface area contributed by atoms with Crippen LogP contribution >= 0.6 is 0 Å². The molecule has 6 rings (SSSR count). The first-order valence-electron chi connectivity index (χ1n) is 11.5. The Morgan fingerprint density at radius 1 is 1.03 bits per heavy atom. The Kier molecular flexibility index (Phi) is 5.20. The number of carbonyl (C=O) groups is 4. The summed E-state index contributed by atoms with van der Waals surface area (Å²) < 4.78 is 10.9. The lowest BCUT2D eigenvalue weighted by Gasteiger charge is -2.29. The van der Waals surface area contributed by atoms with Gasteiger partial charge >= 0.3 is 0 Å². The Balaban J connectivity index is 1.21. The van der Waals surface area contributed by atoms with Crippen LogP contribution in [0.3, 0.4) is 0 Å². The number of hydrogen-bond donors (Lipinski definition) is 1. The summed E-state index contributed by atoms with van der Waals surface area (Å²) >= 11 is 0. The van der Waals surface area contributed by atoms with Crippen LogP contribution < -0.4 is 5.32 Å². The number of imide groups is 2. The number of hydrogen-bond acceptors (Lipinski definition) is 10. The number of nitrogens with zero attached hydrogens (tertiary/aromatic N) is 5. The summed E-state index contributed by atoms with van der Waals surface area (Å²) in [5.41, 5.74) is 1.81. The van der Waals surface area contributed by atoms with Gasteiger partial charge in [0.2, 0.25) is 29.4 Å². The highest BCUT2D eigenvalue weighted by atomic mass is 16.5. The van der Waals surface area contributed by atoms with E-state index in [2.05, 4.69) is 20.4 Å². The number of oxazole rings is 1. The minimum Gasteiger partial charge on any atom is -0.444 e. The molecule has 0 saturated carbocycles. The van der Waals surface area contributed by atoms with Crippen molar-refractivity contribution in [2.75, 3.05) is 6.54 Å². The number of benzene rings is 1. The maximum absolute atomic E-state index is 13.3. The number of carbonyl (C=O) groups excluding carboxylic acids is 4. The second kappa shape index (κ2) is 8.56. The van der Waals surface area contributed by atoms with Crippen LogP contribution in [0.5, 0.6) is 0 Å². The summed E-state index contributed by atoms with van der Waals surface area (Å²) in [5.74, 6) is -1.19. The zero-order valence-electron chi connectivity index (χ0n) is 19.0. The molecule has 12 nitrogen and oxygen atoms in total. The molecule has 3 aliphatic heterocycles. The minimum absolute atomic E-state index is 0.0701. The summed E-state index contributed by atoms with van der Waals surface area (Å²) in [4.78, 5) is 61.7. The first kappa shape index (κ1) is 21.9. The third-order valence-corrected chi connectivity index (χ3v) is 6.43. The van der Waals surface area contributed by atoms with Crippen molar-refractivity contribution in [2.45, 2.75) is 38.3 Å². The van der Waals surface area contributed by atoms with Gasteiger partial charge in [-0.3, -0.25) is 29.4 Å². The Morgan fingerprint density at radius 2 is 1.86 bits per heavy atom. The van der Waals surface area contributed by atoms with E-state index >= 15 is 0 Å². The van der Waals surface area contributed by atoms with Crippen LogP contribution in [0.4, 0.5) is 0 Å². The molecule has 1 unspecified atom stereocenters. The summed E-state index contributed by atoms with van der Waals surface area (Å²) in [7, 11) is 0. The Hall–Kier alpha value is -4.61. The molecule has 1 N–H and O–H groups in total. The van der Waals surface area contributed by atoms with Gasteiger partial charge in [-0.15, -0.1) is 0 Å². The van der Waals surface area contributed by atoms with Crippen LogP contribution in [0.25, 0.3) is 23.0 Å². The highest BCUT2D eigenvalue weighted by molar-refractivity contribution is 6.21. The van der Waals surface area contributed by atoms with Crippen molar-refractivity contribution in [1.82, 2.24) is 30.2 Å². The first-order valence-corrected chi connectivity index (χ1v) is 11.5. The predicted octanol–water partition coefficient (Wildman–Crippen LogP) is 1.42. The zero-order chi connectivity index (χ0) is 24.8. The van der Waals surface area contributed by atoms with E-state index in [0.29, 0.717) is 36.5 Å². The Labute approximate surface area is 203 Å². The van der Waals surface area contributed by atoms with Gasteiger partial charge in [0.15, 0.2) is 5.69 Å². The Morgan fingerprint density at radius 3 is 2.67 bits per heavy atom. The highest BCUT2D eigenvalue weighted by Crippen LogP contribution is 2.34. The first-order chi connectivity index (χ1) is 17.5. The maximum Gasteiger partial charge on any atom is 0.278 e. The predicted molar refractivity (Wildman–Crippen MR) is 120 cm³/mol. The van der Waals surface area contributed by atoms with Crippen LogP contribution in [0, 0.1) is 0 Å². The zero-order valence-corrected chi connectivity index (χ0v) is 19.0. The number of rotatable bonds is 5. The van der Waals surface area contributed by atoms with Gasteiger partial charge in [-0.05, 0) is 31.4 Å². The van der Waals surface area contributed by atoms with E-state index in [1.165, 1.54) is 6.26 Å². The fraction of sp³-hybridized carbons (Fsp3) is 0.292. The fourth-order valence-electron chi connectivity index (χ4n) is 4.74. The standard InChI is InChI=1S/C24H20N6O6/c31-17-9-8-16(21(32)26-17)30-23(33)14-7-4-10-29(19(14)24(30)34)11-18-27-20(28-36-18)15-12-35-22(25-15)13-5-2-1-3-6-13/h1-3,5-6,12,16H,4,7-11H2,(H,26,31,32). The van der Waals surface area contributed by atoms with Gasteiger partial charge in [0, 0.05) is 24.1 Å². The molecule has 5 heterocycles. The van der Waals surface area contributed by atoms with Gasteiger partial charge in [0.1, 0.15) is 18.0 Å². The lowest BCUT2D eigenvalue weighted by molar-refractivity contribution is -0.150. The van der Waals surface area contributed by atoms with Crippen LogP contribution in [0.15, 0.2) is 56.8 Å². The molecule has 0 bridgehead atoms. The molecule has 3 aromatic rings. The maximum atomic E-state index is 13.3. The SMILES string of the molecule is O=C1CCC(N2C(=O)C3=C(C2=O)N(Cc2nc(-c4coc(-c5ccccc5)n4)no2)CCC3)C(=O)N1. The molecule has 0 aliphatic carbocycles. The minimum atomic E-state index is -1.00. The van der Waals surface area contributed by atoms with E-state index in [1.54, 1.807) is 4.90 Å². The molecule has 182 valence electrons. The van der Waals surface area contributed by atoms with E-state index in [1.807, 2.05) is 30.3 Å². The molecule has 1 atom stereocenters. The Bertz CT molecular complexity index is 1420. The number of amides is 4. The van der Waals surface area contributed by atoms with Gasteiger partial charge in [-0.2, -0.15) is 4.98 Å². The quantitative estimate of drug-likeness (QED) is 0.522. The molecular formula is C24H20N6O6. The smallest absolute Gasteiger partial charge is 0.278 e. The normalized spacial score (nSPS) is 20.3. The van der Waals surface area contributed by atoms with E-state index < -0.39 is 29.7 Å². The van der Waals surface area contributed by atoms with Crippen molar-refractivity contribution < 1.29 is 28.1 Å². The molecule has 4 amide bonds. The lowest BCUT2D eigenvalue weighted by Crippen LogP contribution is -2.55. The number of piperidine rings is 1. The average Bonchev–Trinajstić information content (AvgIpc) is 3.60. The summed E-state index contributed by atoms with van der Waals surface area (Å²) in [6, 6.07) is 8.39. The molecule has 1 saturated heterocycles. The topological polar surface area (TPSA) is 152 Å². The van der Waals surface area contributed by atoms with Gasteiger partial charge in [-0.25, -0.2) is 4.98 Å². The molecule has 3 aliphatic rings. The highest BCUT2D eigenvalue weighted by Gasteiger charge is 2.48. The molecular weight excluding hydrogens is 468 g/mol. The van der Waals surface area contributed by atoms with Crippen molar-refractivity contribution in [3.05, 3.63) is 53.8 Å². The van der Waals surface area contributed by atoms with Crippen molar-refractivity contribution in [3.63, 3.8) is 0 Å². The lowest BCUT2D eigenvalue weighted by atomic mass is 10.0. The third kappa shape index (κ3) is 3.67. The average molecular weight is 488 g/mol. The van der Waals surface area contributed by atoms with Crippen molar-refractivity contribution in [1.29, 1.82) is 0 Å². The molecule has 0 radical (unpaired) electrons. The molecule has 1 fully saturated rings. The summed E-state index contributed by atoms with van der Waals surface area (Å²) in [6.07, 6.45) is 2.69. The number of nitrogens with one attached hydrogen (secondary N) is 1. The molecule has 36 heavy (non-hydrogen) atoms. The number of aromatic nitrogens is 3. The van der Waals surface area contributed by atoms with Crippen LogP contribution in [-0.2, 0) is 25.7 Å². The van der Waals surface area contributed by atoms with Gasteiger partial charge in [0.05, 0.1) is 6.54 Å². The van der Waals surface area contributed by atoms with E-state index in [0.717, 1.165) is 10.5 Å². The van der Waals surface area contributed by atoms with Crippen LogP contribution in [-0.4, -0.2) is 61.1 Å². The van der Waals surface area contributed by atoms with E-state index in [4.69, 9.17) is 8.94 Å². The van der Waals surface area contributed by atoms with E-state index in [9.17, 15) is 19.2 Å². The fourth-order valence-corrected chi connectivity index (χ4v) is 4.74. The van der Waals surface area contributed by atoms with E-state index in [-0.39, 0.29) is 36.8 Å². The third-order valence-electron chi connectivity index (χ3n) is 6.43. The molecule has 1 aromatic carbocycles. The van der Waals surface area contributed by atoms with Crippen LogP contribution in [0.2, 0.25) is 0 Å². The van der Waals surface area contributed by atoms with Crippen molar-refractivity contribution >= 4 is 23.6 Å². The second-order valence-corrected chi connectivity index (χ2v) is 8.72. The second-order valence-electron chi connectivity index (χ2n) is 8.72. The summed E-state index contributed by atoms with van der Waals surface area (Å²) in [5, 5.41) is 6.19. The molecule has 12 heteroatoms.